The zero-order valence-electron chi connectivity index (χ0n) is 19.4. The number of aliphatic hydroxyl groups excluding tert-OH is 1. The average molecular weight is 508 g/mol. The number of benzene rings is 2. The molecule has 0 spiro atoms. The summed E-state index contributed by atoms with van der Waals surface area (Å²) in [5.74, 6) is 1.08. The molecule has 4 rings (SSSR count). The van der Waals surface area contributed by atoms with Crippen LogP contribution in [0, 0.1) is 0 Å². The number of aliphatic hydroxyl groups is 1. The molecule has 2 aromatic carbocycles. The summed E-state index contributed by atoms with van der Waals surface area (Å²) in [4.78, 5) is 12.4. The van der Waals surface area contributed by atoms with Gasteiger partial charge in [-0.3, -0.25) is 4.90 Å². The van der Waals surface area contributed by atoms with E-state index in [1.807, 2.05) is 0 Å². The Kier molecular flexibility index (Phi) is 11.6. The lowest BCUT2D eigenvalue weighted by Crippen LogP contribution is -2.49. The molecule has 1 N–H and O–H groups in total. The van der Waals surface area contributed by atoms with Gasteiger partial charge in [0, 0.05) is 48.1 Å². The highest BCUT2D eigenvalue weighted by Gasteiger charge is 2.25. The van der Waals surface area contributed by atoms with Crippen LogP contribution >= 0.6 is 24.2 Å². The molecule has 7 nitrogen and oxygen atoms in total. The standard InChI is InChI=1S/C25H33N3O4S.ClH/c29-14-16-31-18-20-32-19-17-30-15-13-27-9-11-28(12-10-27)25-21-5-1-3-7-23(21)33-24-8-4-2-6-22(24)26-25;/h1-8,29H,9-20H2;1H. The van der Waals surface area contributed by atoms with Crippen LogP contribution in [0.2, 0.25) is 0 Å². The van der Waals surface area contributed by atoms with Gasteiger partial charge in [-0.15, -0.1) is 12.4 Å². The van der Waals surface area contributed by atoms with Gasteiger partial charge in [0.2, 0.25) is 0 Å². The number of aliphatic imine (C=N–C) groups is 1. The average Bonchev–Trinajstić information content (AvgIpc) is 3.02. The van der Waals surface area contributed by atoms with Crippen molar-refractivity contribution < 1.29 is 19.3 Å². The van der Waals surface area contributed by atoms with E-state index in [1.54, 1.807) is 11.8 Å². The number of nitrogens with zero attached hydrogens (tertiary/aromatic N) is 3. The molecule has 2 aliphatic heterocycles. The number of hydrogen-bond donors (Lipinski definition) is 1. The van der Waals surface area contributed by atoms with Crippen molar-refractivity contribution in [2.75, 3.05) is 79.0 Å². The van der Waals surface area contributed by atoms with Crippen LogP contribution in [0.15, 0.2) is 63.3 Å². The highest BCUT2D eigenvalue weighted by Crippen LogP contribution is 2.40. The lowest BCUT2D eigenvalue weighted by atomic mass is 10.1. The summed E-state index contributed by atoms with van der Waals surface area (Å²) >= 11 is 1.80. The minimum absolute atomic E-state index is 0. The number of rotatable bonds is 11. The zero-order valence-corrected chi connectivity index (χ0v) is 21.1. The number of fused-ring (bicyclic) bond motifs is 2. The third-order valence-electron chi connectivity index (χ3n) is 5.64. The Morgan fingerprint density at radius 3 is 2.12 bits per heavy atom. The predicted molar refractivity (Wildman–Crippen MR) is 138 cm³/mol. The molecule has 1 saturated heterocycles. The molecule has 0 amide bonds. The topological polar surface area (TPSA) is 66.8 Å². The molecular weight excluding hydrogens is 474 g/mol. The Labute approximate surface area is 212 Å². The second kappa shape index (κ2) is 14.7. The number of ether oxygens (including phenoxy) is 3. The van der Waals surface area contributed by atoms with Crippen LogP contribution in [0.25, 0.3) is 0 Å². The highest BCUT2D eigenvalue weighted by molar-refractivity contribution is 7.99. The van der Waals surface area contributed by atoms with Crippen molar-refractivity contribution in [1.29, 1.82) is 0 Å². The fourth-order valence-corrected chi connectivity index (χ4v) is 4.91. The Hall–Kier alpha value is -1.65. The summed E-state index contributed by atoms with van der Waals surface area (Å²) in [6, 6.07) is 17.0. The Morgan fingerprint density at radius 1 is 0.765 bits per heavy atom. The van der Waals surface area contributed by atoms with Crippen molar-refractivity contribution >= 4 is 35.7 Å². The van der Waals surface area contributed by atoms with Gasteiger partial charge in [0.25, 0.3) is 0 Å². The first kappa shape index (κ1) is 26.9. The monoisotopic (exact) mass is 507 g/mol. The van der Waals surface area contributed by atoms with Gasteiger partial charge in [-0.25, -0.2) is 4.99 Å². The van der Waals surface area contributed by atoms with Crippen LogP contribution in [-0.4, -0.2) is 99.7 Å². The minimum atomic E-state index is 0. The van der Waals surface area contributed by atoms with Crippen molar-refractivity contribution in [1.82, 2.24) is 9.80 Å². The van der Waals surface area contributed by atoms with Gasteiger partial charge in [0.15, 0.2) is 0 Å². The quantitative estimate of drug-likeness (QED) is 0.468. The Balaban J connectivity index is 0.00000324. The maximum atomic E-state index is 8.64. The van der Waals surface area contributed by atoms with Crippen molar-refractivity contribution in [3.05, 3.63) is 54.1 Å². The summed E-state index contributed by atoms with van der Waals surface area (Å²) in [5, 5.41) is 8.64. The summed E-state index contributed by atoms with van der Waals surface area (Å²) in [6.07, 6.45) is 0. The fraction of sp³-hybridized carbons (Fsp3) is 0.480. The van der Waals surface area contributed by atoms with Gasteiger partial charge in [0.1, 0.15) is 5.84 Å². The van der Waals surface area contributed by atoms with Crippen molar-refractivity contribution in [2.45, 2.75) is 9.79 Å². The van der Waals surface area contributed by atoms with Crippen molar-refractivity contribution in [3.8, 4) is 0 Å². The molecule has 0 radical (unpaired) electrons. The zero-order chi connectivity index (χ0) is 22.7. The molecule has 186 valence electrons. The van der Waals surface area contributed by atoms with E-state index in [9.17, 15) is 0 Å². The summed E-state index contributed by atoms with van der Waals surface area (Å²) in [5.41, 5.74) is 2.27. The van der Waals surface area contributed by atoms with Crippen LogP contribution in [0.1, 0.15) is 5.56 Å². The maximum absolute atomic E-state index is 8.64. The largest absolute Gasteiger partial charge is 0.394 e. The summed E-state index contributed by atoms with van der Waals surface area (Å²) in [6.45, 7) is 8.13. The van der Waals surface area contributed by atoms with Gasteiger partial charge < -0.3 is 24.2 Å². The van der Waals surface area contributed by atoms with Crippen LogP contribution in [0.5, 0.6) is 0 Å². The number of hydrogen-bond acceptors (Lipinski definition) is 8. The first-order valence-electron chi connectivity index (χ1n) is 11.6. The fourth-order valence-electron chi connectivity index (χ4n) is 3.89. The molecular formula is C25H34ClN3O4S. The predicted octanol–water partition coefficient (Wildman–Crippen LogP) is 3.31. The van der Waals surface area contributed by atoms with E-state index in [-0.39, 0.29) is 19.0 Å². The third-order valence-corrected chi connectivity index (χ3v) is 6.78. The lowest BCUT2D eigenvalue weighted by Gasteiger charge is -2.36. The molecule has 0 aromatic heterocycles. The van der Waals surface area contributed by atoms with E-state index >= 15 is 0 Å². The molecule has 2 aliphatic rings. The van der Waals surface area contributed by atoms with Gasteiger partial charge in [-0.1, -0.05) is 42.1 Å². The first-order valence-corrected chi connectivity index (χ1v) is 12.4. The van der Waals surface area contributed by atoms with E-state index in [2.05, 4.69) is 58.3 Å². The molecule has 0 unspecified atom stereocenters. The number of para-hydroxylation sites is 1. The van der Waals surface area contributed by atoms with Crippen LogP contribution < -0.4 is 0 Å². The number of amidine groups is 1. The number of halogens is 1. The summed E-state index contributed by atoms with van der Waals surface area (Å²) in [7, 11) is 0. The van der Waals surface area contributed by atoms with Crippen LogP contribution in [0.4, 0.5) is 5.69 Å². The van der Waals surface area contributed by atoms with Gasteiger partial charge in [0.05, 0.1) is 51.9 Å². The molecule has 2 aromatic rings. The normalized spacial score (nSPS) is 15.7. The molecule has 34 heavy (non-hydrogen) atoms. The second-order valence-corrected chi connectivity index (χ2v) is 8.97. The first-order chi connectivity index (χ1) is 16.3. The van der Waals surface area contributed by atoms with E-state index in [4.69, 9.17) is 24.3 Å². The van der Waals surface area contributed by atoms with Gasteiger partial charge >= 0.3 is 0 Å². The molecule has 0 aliphatic carbocycles. The molecule has 0 bridgehead atoms. The smallest absolute Gasteiger partial charge is 0.137 e. The van der Waals surface area contributed by atoms with E-state index in [1.165, 1.54) is 15.4 Å². The molecule has 0 atom stereocenters. The minimum Gasteiger partial charge on any atom is -0.394 e. The molecule has 1 fully saturated rings. The molecule has 9 heteroatoms. The highest BCUT2D eigenvalue weighted by atomic mass is 35.5. The van der Waals surface area contributed by atoms with E-state index in [0.29, 0.717) is 39.6 Å². The van der Waals surface area contributed by atoms with Gasteiger partial charge in [-0.2, -0.15) is 0 Å². The van der Waals surface area contributed by atoms with Gasteiger partial charge in [-0.05, 0) is 18.2 Å². The number of piperazine rings is 1. The van der Waals surface area contributed by atoms with Crippen LogP contribution in [0.3, 0.4) is 0 Å². The van der Waals surface area contributed by atoms with E-state index in [0.717, 1.165) is 44.2 Å². The van der Waals surface area contributed by atoms with Crippen molar-refractivity contribution in [3.63, 3.8) is 0 Å². The maximum Gasteiger partial charge on any atom is 0.137 e. The van der Waals surface area contributed by atoms with E-state index < -0.39 is 0 Å². The molecule has 0 saturated carbocycles. The SMILES string of the molecule is Cl.OCCOCCOCCOCCN1CCN(C2=Nc3ccccc3Sc3ccccc32)CC1. The van der Waals surface area contributed by atoms with Crippen LogP contribution in [-0.2, 0) is 14.2 Å². The lowest BCUT2D eigenvalue weighted by molar-refractivity contribution is 0.00348. The molecule has 2 heterocycles. The second-order valence-electron chi connectivity index (χ2n) is 7.89. The van der Waals surface area contributed by atoms with Crippen molar-refractivity contribution in [2.24, 2.45) is 4.99 Å². The Bertz CT molecular complexity index is 909. The third kappa shape index (κ3) is 7.68. The Morgan fingerprint density at radius 2 is 1.38 bits per heavy atom. The summed E-state index contributed by atoms with van der Waals surface area (Å²) < 4.78 is 16.3.